The highest BCUT2D eigenvalue weighted by Gasteiger charge is 2.45. The monoisotopic (exact) mass is 559 g/mol. The van der Waals surface area contributed by atoms with Crippen LogP contribution >= 0.6 is 11.6 Å². The van der Waals surface area contributed by atoms with Crippen LogP contribution in [0.5, 0.6) is 5.75 Å². The van der Waals surface area contributed by atoms with Crippen LogP contribution in [-0.2, 0) is 20.2 Å². The average molecular weight is 560 g/mol. The molecule has 0 aromatic heterocycles. The minimum atomic E-state index is -3.58. The molecular weight excluding hydrogens is 522 g/mol. The lowest BCUT2D eigenvalue weighted by atomic mass is 9.77. The van der Waals surface area contributed by atoms with Gasteiger partial charge in [0.15, 0.2) is 0 Å². The molecule has 0 radical (unpaired) electrons. The van der Waals surface area contributed by atoms with Gasteiger partial charge in [0.2, 0.25) is 15.9 Å². The van der Waals surface area contributed by atoms with Crippen LogP contribution in [0.1, 0.15) is 51.0 Å². The minimum absolute atomic E-state index is 0.194. The number of piperidine rings is 1. The van der Waals surface area contributed by atoms with E-state index in [1.165, 1.54) is 0 Å². The Hall–Kier alpha value is -2.29. The SMILES string of the molecule is COc1ccc(S(=O)(=O)N2CCC[C@H](C)C2)cc1N1CCN(C(=O)C2(c3ccc(Cl)cc3)CCCC2)CC1. The first-order valence-corrected chi connectivity index (χ1v) is 15.5. The molecule has 3 aliphatic rings. The molecule has 5 rings (SSSR count). The summed E-state index contributed by atoms with van der Waals surface area (Å²) in [4.78, 5) is 18.4. The molecule has 1 saturated carbocycles. The number of benzene rings is 2. The number of piperazine rings is 1. The maximum Gasteiger partial charge on any atom is 0.243 e. The molecule has 206 valence electrons. The molecule has 2 aromatic rings. The lowest BCUT2D eigenvalue weighted by Crippen LogP contribution is -2.54. The number of hydrogen-bond donors (Lipinski definition) is 0. The summed E-state index contributed by atoms with van der Waals surface area (Å²) in [5.41, 5.74) is 1.33. The first-order chi connectivity index (χ1) is 18.2. The Morgan fingerprint density at radius 3 is 2.29 bits per heavy atom. The topological polar surface area (TPSA) is 70.2 Å². The number of nitrogens with zero attached hydrogens (tertiary/aromatic N) is 3. The number of methoxy groups -OCH3 is 1. The fraction of sp³-hybridized carbons (Fsp3) is 0.552. The maximum atomic E-state index is 13.9. The van der Waals surface area contributed by atoms with Gasteiger partial charge in [-0.1, -0.05) is 43.5 Å². The number of carbonyl (C=O) groups excluding carboxylic acids is 1. The van der Waals surface area contributed by atoms with Crippen molar-refractivity contribution in [3.63, 3.8) is 0 Å². The van der Waals surface area contributed by atoms with Crippen molar-refractivity contribution in [3.8, 4) is 5.75 Å². The standard InChI is InChI=1S/C29H38ClN3O4S/c1-22-6-5-15-33(21-22)38(35,36)25-11-12-27(37-2)26(20-25)31-16-18-32(19-17-31)28(34)29(13-3-4-14-29)23-7-9-24(30)10-8-23/h7-12,20,22H,3-6,13-19,21H2,1-2H3/t22-/m0/s1. The van der Waals surface area contributed by atoms with Crippen LogP contribution in [0.25, 0.3) is 0 Å². The van der Waals surface area contributed by atoms with E-state index in [4.69, 9.17) is 16.3 Å². The van der Waals surface area contributed by atoms with Crippen LogP contribution in [0, 0.1) is 5.92 Å². The van der Waals surface area contributed by atoms with Gasteiger partial charge in [-0.15, -0.1) is 0 Å². The van der Waals surface area contributed by atoms with E-state index in [0.29, 0.717) is 60.9 Å². The number of amides is 1. The zero-order valence-electron chi connectivity index (χ0n) is 22.4. The van der Waals surface area contributed by atoms with Gasteiger partial charge < -0.3 is 14.5 Å². The average Bonchev–Trinajstić information content (AvgIpc) is 3.44. The summed E-state index contributed by atoms with van der Waals surface area (Å²) in [6.45, 7) is 5.61. The van der Waals surface area contributed by atoms with Crippen molar-refractivity contribution in [2.75, 3.05) is 51.3 Å². The van der Waals surface area contributed by atoms with Crippen molar-refractivity contribution in [1.82, 2.24) is 9.21 Å². The highest BCUT2D eigenvalue weighted by molar-refractivity contribution is 7.89. The largest absolute Gasteiger partial charge is 0.495 e. The predicted octanol–water partition coefficient (Wildman–Crippen LogP) is 4.93. The van der Waals surface area contributed by atoms with Crippen molar-refractivity contribution >= 4 is 33.2 Å². The molecule has 1 amide bonds. The Morgan fingerprint density at radius 1 is 0.974 bits per heavy atom. The quantitative estimate of drug-likeness (QED) is 0.502. The summed E-state index contributed by atoms with van der Waals surface area (Å²) in [5.74, 6) is 1.20. The summed E-state index contributed by atoms with van der Waals surface area (Å²) >= 11 is 6.13. The van der Waals surface area contributed by atoms with Crippen molar-refractivity contribution in [2.45, 2.75) is 55.8 Å². The lowest BCUT2D eigenvalue weighted by Gasteiger charge is -2.41. The number of rotatable bonds is 6. The van der Waals surface area contributed by atoms with Crippen LogP contribution in [0.15, 0.2) is 47.4 Å². The van der Waals surface area contributed by atoms with E-state index >= 15 is 0 Å². The summed E-state index contributed by atoms with van der Waals surface area (Å²) in [5, 5.41) is 0.677. The summed E-state index contributed by atoms with van der Waals surface area (Å²) in [7, 11) is -1.97. The van der Waals surface area contributed by atoms with Gasteiger partial charge in [-0.2, -0.15) is 4.31 Å². The third-order valence-electron chi connectivity index (χ3n) is 8.58. The van der Waals surface area contributed by atoms with Gasteiger partial charge in [0.1, 0.15) is 5.75 Å². The first kappa shape index (κ1) is 27.3. The molecule has 0 bridgehead atoms. The second kappa shape index (κ2) is 11.1. The van der Waals surface area contributed by atoms with Gasteiger partial charge in [0.25, 0.3) is 0 Å². The van der Waals surface area contributed by atoms with Crippen LogP contribution in [0.4, 0.5) is 5.69 Å². The predicted molar refractivity (Wildman–Crippen MR) is 151 cm³/mol. The zero-order chi connectivity index (χ0) is 26.9. The number of ether oxygens (including phenoxy) is 1. The normalized spacial score (nSPS) is 22.4. The lowest BCUT2D eigenvalue weighted by molar-refractivity contribution is -0.137. The van der Waals surface area contributed by atoms with Crippen LogP contribution in [0.2, 0.25) is 5.02 Å². The van der Waals surface area contributed by atoms with Gasteiger partial charge in [-0.25, -0.2) is 8.42 Å². The smallest absolute Gasteiger partial charge is 0.243 e. The first-order valence-electron chi connectivity index (χ1n) is 13.7. The van der Waals surface area contributed by atoms with Gasteiger partial charge >= 0.3 is 0 Å². The fourth-order valence-corrected chi connectivity index (χ4v) is 8.16. The van der Waals surface area contributed by atoms with Crippen LogP contribution in [0.3, 0.4) is 0 Å². The molecule has 2 aromatic carbocycles. The number of anilines is 1. The number of hydrogen-bond acceptors (Lipinski definition) is 5. The van der Waals surface area contributed by atoms with E-state index in [1.54, 1.807) is 29.6 Å². The summed E-state index contributed by atoms with van der Waals surface area (Å²) in [6.07, 6.45) is 5.75. The third kappa shape index (κ3) is 5.15. The van der Waals surface area contributed by atoms with E-state index in [-0.39, 0.29) is 5.91 Å². The Kier molecular flexibility index (Phi) is 7.94. The molecule has 0 unspecified atom stereocenters. The molecule has 2 saturated heterocycles. The number of carbonyl (C=O) groups is 1. The van der Waals surface area contributed by atoms with E-state index < -0.39 is 15.4 Å². The molecule has 3 fully saturated rings. The fourth-order valence-electron chi connectivity index (χ4n) is 6.42. The molecule has 0 spiro atoms. The molecule has 0 N–H and O–H groups in total. The second-order valence-corrected chi connectivity index (χ2v) is 13.4. The molecule has 2 aliphatic heterocycles. The van der Waals surface area contributed by atoms with Gasteiger partial charge in [0.05, 0.1) is 23.1 Å². The van der Waals surface area contributed by atoms with Crippen molar-refractivity contribution in [1.29, 1.82) is 0 Å². The Bertz CT molecular complexity index is 1250. The van der Waals surface area contributed by atoms with Gasteiger partial charge in [-0.05, 0) is 67.5 Å². The molecular formula is C29H38ClN3O4S. The van der Waals surface area contributed by atoms with Crippen LogP contribution in [-0.4, -0.2) is 69.9 Å². The molecule has 1 aliphatic carbocycles. The van der Waals surface area contributed by atoms with Crippen LogP contribution < -0.4 is 9.64 Å². The van der Waals surface area contributed by atoms with Crippen molar-refractivity contribution < 1.29 is 17.9 Å². The van der Waals surface area contributed by atoms with Gasteiger partial charge in [-0.3, -0.25) is 4.79 Å². The van der Waals surface area contributed by atoms with E-state index in [9.17, 15) is 13.2 Å². The molecule has 38 heavy (non-hydrogen) atoms. The second-order valence-electron chi connectivity index (χ2n) is 11.0. The van der Waals surface area contributed by atoms with E-state index in [2.05, 4.69) is 11.8 Å². The molecule has 2 heterocycles. The Labute approximate surface area is 231 Å². The molecule has 7 nitrogen and oxygen atoms in total. The van der Waals surface area contributed by atoms with E-state index in [0.717, 1.165) is 49.8 Å². The minimum Gasteiger partial charge on any atom is -0.495 e. The zero-order valence-corrected chi connectivity index (χ0v) is 23.9. The third-order valence-corrected chi connectivity index (χ3v) is 10.7. The highest BCUT2D eigenvalue weighted by Crippen LogP contribution is 2.43. The summed E-state index contributed by atoms with van der Waals surface area (Å²) < 4.78 is 34.1. The Morgan fingerprint density at radius 2 is 1.66 bits per heavy atom. The number of halogens is 1. The number of sulfonamides is 1. The van der Waals surface area contributed by atoms with Crippen molar-refractivity contribution in [2.24, 2.45) is 5.92 Å². The molecule has 1 atom stereocenters. The van der Waals surface area contributed by atoms with E-state index in [1.807, 2.05) is 29.2 Å². The Balaban J connectivity index is 1.34. The maximum absolute atomic E-state index is 13.9. The van der Waals surface area contributed by atoms with Gasteiger partial charge in [0, 0.05) is 44.3 Å². The summed E-state index contributed by atoms with van der Waals surface area (Å²) in [6, 6.07) is 12.9. The molecule has 9 heteroatoms. The van der Waals surface area contributed by atoms with Crippen molar-refractivity contribution in [3.05, 3.63) is 53.1 Å². The highest BCUT2D eigenvalue weighted by atomic mass is 35.5.